The van der Waals surface area contributed by atoms with Crippen LogP contribution in [0, 0.1) is 5.82 Å². The quantitative estimate of drug-likeness (QED) is 0.912. The minimum absolute atomic E-state index is 0.140. The van der Waals surface area contributed by atoms with Crippen molar-refractivity contribution in [2.75, 3.05) is 10.0 Å². The van der Waals surface area contributed by atoms with E-state index >= 15 is 0 Å². The van der Waals surface area contributed by atoms with Crippen molar-refractivity contribution >= 4 is 27.3 Å². The minimum atomic E-state index is -4.01. The number of hydrogen-bond acceptors (Lipinski definition) is 3. The number of rotatable bonds is 3. The number of nitrogens with one attached hydrogen (secondary N) is 2. The van der Waals surface area contributed by atoms with Crippen LogP contribution < -0.4 is 10.0 Å². The lowest BCUT2D eigenvalue weighted by atomic mass is 10.1. The Hall–Kier alpha value is -2.41. The van der Waals surface area contributed by atoms with Gasteiger partial charge in [-0.25, -0.2) is 12.8 Å². The largest absolute Gasteiger partial charge is 0.326 e. The van der Waals surface area contributed by atoms with E-state index in [0.29, 0.717) is 11.3 Å². The van der Waals surface area contributed by atoms with Gasteiger partial charge in [0, 0.05) is 11.4 Å². The molecule has 1 aliphatic heterocycles. The fourth-order valence-corrected chi connectivity index (χ4v) is 3.30. The first-order chi connectivity index (χ1) is 9.95. The summed E-state index contributed by atoms with van der Waals surface area (Å²) in [6, 6.07) is 9.83. The Labute approximate surface area is 120 Å². The highest BCUT2D eigenvalue weighted by Gasteiger charge is 2.21. The molecule has 21 heavy (non-hydrogen) atoms. The summed E-state index contributed by atoms with van der Waals surface area (Å²) in [5.74, 6) is -0.956. The summed E-state index contributed by atoms with van der Waals surface area (Å²) in [6.07, 6.45) is 0.199. The average Bonchev–Trinajstić information content (AvgIpc) is 2.78. The van der Waals surface area contributed by atoms with E-state index in [4.69, 9.17) is 0 Å². The van der Waals surface area contributed by atoms with Crippen LogP contribution in [0.15, 0.2) is 47.4 Å². The van der Waals surface area contributed by atoms with Crippen molar-refractivity contribution in [1.82, 2.24) is 0 Å². The summed E-state index contributed by atoms with van der Waals surface area (Å²) < 4.78 is 40.2. The number of amides is 1. The van der Waals surface area contributed by atoms with Gasteiger partial charge in [-0.2, -0.15) is 0 Å². The summed E-state index contributed by atoms with van der Waals surface area (Å²) in [7, 11) is -4.01. The van der Waals surface area contributed by atoms with Gasteiger partial charge in [-0.15, -0.1) is 0 Å². The lowest BCUT2D eigenvalue weighted by molar-refractivity contribution is -0.115. The average molecular weight is 306 g/mol. The molecule has 0 bridgehead atoms. The number of carbonyl (C=O) groups is 1. The van der Waals surface area contributed by atoms with E-state index < -0.39 is 20.7 Å². The van der Waals surface area contributed by atoms with Crippen LogP contribution in [0.1, 0.15) is 5.56 Å². The molecule has 0 atom stereocenters. The zero-order valence-electron chi connectivity index (χ0n) is 10.8. The lowest BCUT2D eigenvalue weighted by Crippen LogP contribution is -2.14. The van der Waals surface area contributed by atoms with Gasteiger partial charge in [0.1, 0.15) is 10.7 Å². The maximum atomic E-state index is 13.6. The number of sulfonamides is 1. The molecule has 2 N–H and O–H groups in total. The molecule has 0 saturated carbocycles. The van der Waals surface area contributed by atoms with Crippen LogP contribution >= 0.6 is 0 Å². The Morgan fingerprint density at radius 3 is 2.67 bits per heavy atom. The number of benzene rings is 2. The third-order valence-corrected chi connectivity index (χ3v) is 4.52. The monoisotopic (exact) mass is 306 g/mol. The second kappa shape index (κ2) is 4.85. The Bertz CT molecular complexity index is 834. The molecule has 1 amide bonds. The van der Waals surface area contributed by atoms with E-state index in [9.17, 15) is 17.6 Å². The molecule has 0 spiro atoms. The number of hydrogen-bond donors (Lipinski definition) is 2. The minimum Gasteiger partial charge on any atom is -0.326 e. The summed E-state index contributed by atoms with van der Waals surface area (Å²) in [5, 5.41) is 2.65. The third-order valence-electron chi connectivity index (χ3n) is 3.11. The second-order valence-electron chi connectivity index (χ2n) is 4.63. The van der Waals surface area contributed by atoms with Crippen LogP contribution in [0.5, 0.6) is 0 Å². The van der Waals surface area contributed by atoms with Crippen molar-refractivity contribution in [2.24, 2.45) is 0 Å². The highest BCUT2D eigenvalue weighted by Crippen LogP contribution is 2.27. The summed E-state index contributed by atoms with van der Waals surface area (Å²) in [5.41, 5.74) is 1.65. The molecule has 0 saturated heterocycles. The molecule has 1 aliphatic rings. The van der Waals surface area contributed by atoms with Crippen LogP contribution in [0.3, 0.4) is 0 Å². The topological polar surface area (TPSA) is 75.3 Å². The van der Waals surface area contributed by atoms with Gasteiger partial charge in [0.2, 0.25) is 5.91 Å². The van der Waals surface area contributed by atoms with Crippen molar-refractivity contribution in [1.29, 1.82) is 0 Å². The first-order valence-corrected chi connectivity index (χ1v) is 7.64. The van der Waals surface area contributed by atoms with Gasteiger partial charge < -0.3 is 5.32 Å². The van der Waals surface area contributed by atoms with Crippen LogP contribution in [-0.2, 0) is 21.2 Å². The molecule has 0 fully saturated rings. The predicted molar refractivity (Wildman–Crippen MR) is 76.0 cm³/mol. The van der Waals surface area contributed by atoms with Gasteiger partial charge in [0.15, 0.2) is 0 Å². The van der Waals surface area contributed by atoms with Crippen molar-refractivity contribution in [3.05, 3.63) is 53.8 Å². The number of anilines is 2. The standard InChI is InChI=1S/C14H11FN2O3S/c15-11-3-1-2-4-13(11)21(19,20)17-10-5-6-12-9(7-10)8-14(18)16-12/h1-7,17H,8H2,(H,16,18). The number of carbonyl (C=O) groups excluding carboxylic acids is 1. The van der Waals surface area contributed by atoms with Gasteiger partial charge in [-0.3, -0.25) is 9.52 Å². The zero-order chi connectivity index (χ0) is 15.0. The van der Waals surface area contributed by atoms with Crippen molar-refractivity contribution in [2.45, 2.75) is 11.3 Å². The van der Waals surface area contributed by atoms with E-state index in [0.717, 1.165) is 6.07 Å². The second-order valence-corrected chi connectivity index (χ2v) is 6.28. The van der Waals surface area contributed by atoms with Gasteiger partial charge in [0.05, 0.1) is 6.42 Å². The van der Waals surface area contributed by atoms with Gasteiger partial charge in [0.25, 0.3) is 10.0 Å². The smallest absolute Gasteiger partial charge is 0.264 e. The predicted octanol–water partition coefficient (Wildman–Crippen LogP) is 2.12. The molecule has 2 aromatic carbocycles. The zero-order valence-corrected chi connectivity index (χ0v) is 11.6. The van der Waals surface area contributed by atoms with Crippen LogP contribution in [-0.4, -0.2) is 14.3 Å². The molecular formula is C14H11FN2O3S. The Kier molecular flexibility index (Phi) is 3.13. The fraction of sp³-hybridized carbons (Fsp3) is 0.0714. The molecule has 0 aromatic heterocycles. The molecule has 7 heteroatoms. The van der Waals surface area contributed by atoms with Crippen molar-refractivity contribution in [3.63, 3.8) is 0 Å². The Morgan fingerprint density at radius 2 is 1.90 bits per heavy atom. The maximum Gasteiger partial charge on any atom is 0.264 e. The highest BCUT2D eigenvalue weighted by atomic mass is 32.2. The van der Waals surface area contributed by atoms with E-state index in [2.05, 4.69) is 10.0 Å². The third kappa shape index (κ3) is 2.59. The molecule has 5 nitrogen and oxygen atoms in total. The van der Waals surface area contributed by atoms with Crippen LogP contribution in [0.2, 0.25) is 0 Å². The number of halogens is 1. The lowest BCUT2D eigenvalue weighted by Gasteiger charge is -2.09. The van der Waals surface area contributed by atoms with Gasteiger partial charge in [-0.05, 0) is 35.9 Å². The molecule has 2 aromatic rings. The SMILES string of the molecule is O=C1Cc2cc(NS(=O)(=O)c3ccccc3F)ccc2N1. The molecule has 0 radical (unpaired) electrons. The van der Waals surface area contributed by atoms with E-state index in [-0.39, 0.29) is 18.0 Å². The van der Waals surface area contributed by atoms with Crippen LogP contribution in [0.25, 0.3) is 0 Å². The first kappa shape index (κ1) is 13.6. The normalized spacial score (nSPS) is 13.7. The first-order valence-electron chi connectivity index (χ1n) is 6.16. The van der Waals surface area contributed by atoms with Gasteiger partial charge >= 0.3 is 0 Å². The van der Waals surface area contributed by atoms with Gasteiger partial charge in [-0.1, -0.05) is 12.1 Å². The van der Waals surface area contributed by atoms with E-state index in [1.54, 1.807) is 12.1 Å². The summed E-state index contributed by atoms with van der Waals surface area (Å²) in [4.78, 5) is 10.8. The molecular weight excluding hydrogens is 295 g/mol. The van der Waals surface area contributed by atoms with Crippen molar-refractivity contribution in [3.8, 4) is 0 Å². The van der Waals surface area contributed by atoms with Crippen LogP contribution in [0.4, 0.5) is 15.8 Å². The van der Waals surface area contributed by atoms with E-state index in [1.165, 1.54) is 24.3 Å². The summed E-state index contributed by atoms with van der Waals surface area (Å²) in [6.45, 7) is 0. The molecule has 0 aliphatic carbocycles. The molecule has 108 valence electrons. The molecule has 0 unspecified atom stereocenters. The molecule has 3 rings (SSSR count). The maximum absolute atomic E-state index is 13.6. The van der Waals surface area contributed by atoms with Crippen molar-refractivity contribution < 1.29 is 17.6 Å². The molecule has 1 heterocycles. The Morgan fingerprint density at radius 1 is 1.14 bits per heavy atom. The van der Waals surface area contributed by atoms with E-state index in [1.807, 2.05) is 0 Å². The Balaban J connectivity index is 1.92. The fourth-order valence-electron chi connectivity index (χ4n) is 2.17. The number of fused-ring (bicyclic) bond motifs is 1. The highest BCUT2D eigenvalue weighted by molar-refractivity contribution is 7.92. The summed E-state index contributed by atoms with van der Waals surface area (Å²) >= 11 is 0.